The highest BCUT2D eigenvalue weighted by atomic mass is 14.2. The first kappa shape index (κ1) is 13.3. The summed E-state index contributed by atoms with van der Waals surface area (Å²) in [6.07, 6.45) is 7.19. The first-order valence-electron chi connectivity index (χ1n) is 4.85. The van der Waals surface area contributed by atoms with E-state index < -0.39 is 0 Å². The van der Waals surface area contributed by atoms with Crippen LogP contribution in [0.15, 0.2) is 13.2 Å². The van der Waals surface area contributed by atoms with Crippen LogP contribution in [-0.4, -0.2) is 0 Å². The molecule has 68 valence electrons. The Balaban J connectivity index is 0. The van der Waals surface area contributed by atoms with Crippen molar-refractivity contribution < 1.29 is 0 Å². The fraction of sp³-hybridized carbons (Fsp3) is 0.818. The van der Waals surface area contributed by atoms with Crippen LogP contribution in [-0.2, 0) is 0 Å². The smallest absolute Gasteiger partial charge is 0.0417 e. The van der Waals surface area contributed by atoms with E-state index in [9.17, 15) is 0 Å². The minimum absolute atomic E-state index is 1.12. The average molecular weight is 156 g/mol. The normalized spacial score (nSPS) is 14.8. The summed E-state index contributed by atoms with van der Waals surface area (Å²) in [7, 11) is 0. The molecule has 0 aliphatic heterocycles. The highest BCUT2D eigenvalue weighted by molar-refractivity contribution is 4.66. The predicted molar refractivity (Wildman–Crippen MR) is 54.9 cm³/mol. The molecular formula is C11H24. The van der Waals surface area contributed by atoms with E-state index in [2.05, 4.69) is 33.9 Å². The molecule has 0 bridgehead atoms. The third-order valence-electron chi connectivity index (χ3n) is 1.80. The van der Waals surface area contributed by atoms with E-state index in [-0.39, 0.29) is 0 Å². The average Bonchev–Trinajstić information content (AvgIpc) is 1.91. The van der Waals surface area contributed by atoms with Gasteiger partial charge in [0.1, 0.15) is 0 Å². The van der Waals surface area contributed by atoms with E-state index in [1.807, 2.05) is 0 Å². The minimum atomic E-state index is 1.12. The minimum Gasteiger partial charge on any atom is -0.106 e. The van der Waals surface area contributed by atoms with E-state index in [4.69, 9.17) is 0 Å². The molecule has 0 N–H and O–H groups in total. The van der Waals surface area contributed by atoms with Gasteiger partial charge in [0.2, 0.25) is 0 Å². The Bertz CT molecular complexity index is 50.3. The second-order valence-corrected chi connectivity index (χ2v) is 2.91. The van der Waals surface area contributed by atoms with Crippen LogP contribution in [0.2, 0.25) is 0 Å². The fourth-order valence-corrected chi connectivity index (χ4v) is 0.901. The monoisotopic (exact) mass is 156 g/mol. The van der Waals surface area contributed by atoms with Gasteiger partial charge < -0.3 is 0 Å². The van der Waals surface area contributed by atoms with Gasteiger partial charge in [-0.15, -0.1) is 13.2 Å². The zero-order valence-corrected chi connectivity index (χ0v) is 8.53. The summed E-state index contributed by atoms with van der Waals surface area (Å²) in [5.74, 6) is 1.12. The van der Waals surface area contributed by atoms with Crippen LogP contribution in [0.1, 0.15) is 52.9 Å². The van der Waals surface area contributed by atoms with Gasteiger partial charge >= 0.3 is 0 Å². The van der Waals surface area contributed by atoms with Gasteiger partial charge in [-0.2, -0.15) is 0 Å². The first-order chi connectivity index (χ1) is 5.35. The van der Waals surface area contributed by atoms with Crippen molar-refractivity contribution in [1.29, 1.82) is 0 Å². The van der Waals surface area contributed by atoms with Crippen LogP contribution in [0.25, 0.3) is 0 Å². The Labute approximate surface area is 72.7 Å². The summed E-state index contributed by atoms with van der Waals surface area (Å²) in [6, 6.07) is 0. The van der Waals surface area contributed by atoms with Crippen molar-refractivity contribution >= 4 is 0 Å². The third-order valence-corrected chi connectivity index (χ3v) is 1.80. The van der Waals surface area contributed by atoms with Gasteiger partial charge in [-0.1, -0.05) is 52.9 Å². The summed E-state index contributed by atoms with van der Waals surface area (Å²) in [5.41, 5.74) is 0. The maximum absolute atomic E-state index is 3.00. The molecule has 1 saturated carbocycles. The summed E-state index contributed by atoms with van der Waals surface area (Å²) in [6.45, 7) is 12.5. The molecule has 1 fully saturated rings. The molecule has 0 heteroatoms. The predicted octanol–water partition coefficient (Wildman–Crippen LogP) is 4.42. The van der Waals surface area contributed by atoms with Gasteiger partial charge in [0.15, 0.2) is 0 Å². The van der Waals surface area contributed by atoms with Gasteiger partial charge in [-0.25, -0.2) is 0 Å². The summed E-state index contributed by atoms with van der Waals surface area (Å²) in [5, 5.41) is 0. The Kier molecular flexibility index (Phi) is 15.1. The van der Waals surface area contributed by atoms with Gasteiger partial charge in [0.25, 0.3) is 0 Å². The van der Waals surface area contributed by atoms with Gasteiger partial charge in [-0.3, -0.25) is 0 Å². The molecule has 11 heavy (non-hydrogen) atoms. The molecular weight excluding hydrogens is 132 g/mol. The van der Waals surface area contributed by atoms with E-state index in [1.54, 1.807) is 0 Å². The Morgan fingerprint density at radius 3 is 1.45 bits per heavy atom. The van der Waals surface area contributed by atoms with E-state index in [0.717, 1.165) is 5.92 Å². The van der Waals surface area contributed by atoms with Crippen molar-refractivity contribution in [2.45, 2.75) is 52.9 Å². The molecule has 0 unspecified atom stereocenters. The van der Waals surface area contributed by atoms with Crippen molar-refractivity contribution in [1.82, 2.24) is 0 Å². The Morgan fingerprint density at radius 2 is 1.45 bits per heavy atom. The van der Waals surface area contributed by atoms with Crippen molar-refractivity contribution in [2.24, 2.45) is 5.92 Å². The molecule has 1 aliphatic carbocycles. The molecule has 0 saturated heterocycles. The maximum atomic E-state index is 3.00. The van der Waals surface area contributed by atoms with E-state index in [1.165, 1.54) is 32.1 Å². The summed E-state index contributed by atoms with van der Waals surface area (Å²) >= 11 is 0. The highest BCUT2D eigenvalue weighted by Crippen LogP contribution is 2.28. The zero-order valence-electron chi connectivity index (χ0n) is 8.53. The van der Waals surface area contributed by atoms with Gasteiger partial charge in [0, 0.05) is 0 Å². The lowest BCUT2D eigenvalue weighted by atomic mass is 9.84. The molecule has 0 aromatic carbocycles. The van der Waals surface area contributed by atoms with Crippen LogP contribution >= 0.6 is 0 Å². The van der Waals surface area contributed by atoms with Crippen molar-refractivity contribution in [2.75, 3.05) is 0 Å². The Hall–Kier alpha value is -0.260. The number of hydrogen-bond acceptors (Lipinski definition) is 0. The quantitative estimate of drug-likeness (QED) is 0.493. The molecule has 1 rings (SSSR count). The first-order valence-corrected chi connectivity index (χ1v) is 4.85. The second-order valence-electron chi connectivity index (χ2n) is 2.91. The second kappa shape index (κ2) is 12.4. The van der Waals surface area contributed by atoms with E-state index >= 15 is 0 Å². The largest absolute Gasteiger partial charge is 0.106 e. The van der Waals surface area contributed by atoms with Crippen molar-refractivity contribution in [3.63, 3.8) is 0 Å². The third kappa shape index (κ3) is 9.74. The number of hydrogen-bond donors (Lipinski definition) is 0. The maximum Gasteiger partial charge on any atom is -0.0417 e. The van der Waals surface area contributed by atoms with Crippen LogP contribution in [0.5, 0.6) is 0 Å². The van der Waals surface area contributed by atoms with Crippen LogP contribution in [0.3, 0.4) is 0 Å². The summed E-state index contributed by atoms with van der Waals surface area (Å²) in [4.78, 5) is 0. The van der Waals surface area contributed by atoms with Crippen LogP contribution in [0.4, 0.5) is 0 Å². The van der Waals surface area contributed by atoms with Crippen molar-refractivity contribution in [3.8, 4) is 0 Å². The fourth-order valence-electron chi connectivity index (χ4n) is 0.901. The molecule has 1 aliphatic rings. The molecule has 0 atom stereocenters. The molecule has 0 radical (unpaired) electrons. The lowest BCUT2D eigenvalue weighted by Crippen LogP contribution is -2.08. The summed E-state index contributed by atoms with van der Waals surface area (Å²) < 4.78 is 0. The molecule has 0 nitrogen and oxygen atoms in total. The van der Waals surface area contributed by atoms with E-state index in [0.29, 0.717) is 0 Å². The van der Waals surface area contributed by atoms with Crippen LogP contribution < -0.4 is 0 Å². The van der Waals surface area contributed by atoms with Gasteiger partial charge in [-0.05, 0) is 5.92 Å². The SMILES string of the molecule is C=C.CCC.CCC1CCC1. The van der Waals surface area contributed by atoms with Crippen molar-refractivity contribution in [3.05, 3.63) is 13.2 Å². The molecule has 0 heterocycles. The molecule has 0 amide bonds. The number of rotatable bonds is 1. The molecule has 0 aromatic rings. The van der Waals surface area contributed by atoms with Crippen LogP contribution in [0, 0.1) is 5.92 Å². The lowest BCUT2D eigenvalue weighted by Gasteiger charge is -2.22. The topological polar surface area (TPSA) is 0 Å². The molecule has 0 spiro atoms. The Morgan fingerprint density at radius 1 is 1.09 bits per heavy atom. The van der Waals surface area contributed by atoms with Gasteiger partial charge in [0.05, 0.1) is 0 Å². The standard InChI is InChI=1S/C6H12.C3H8.C2H4/c1-2-6-4-3-5-6;1-3-2;1-2/h6H,2-5H2,1H3;3H2,1-2H3;1-2H2. The lowest BCUT2D eigenvalue weighted by molar-refractivity contribution is 0.307. The highest BCUT2D eigenvalue weighted by Gasteiger charge is 2.13. The zero-order chi connectivity index (χ0) is 9.11. The molecule has 0 aromatic heterocycles.